The van der Waals surface area contributed by atoms with Crippen molar-refractivity contribution in [2.75, 3.05) is 14.2 Å². The molecule has 0 spiro atoms. The second-order valence-corrected chi connectivity index (χ2v) is 4.02. The molecule has 1 atom stereocenters. The third-order valence-corrected chi connectivity index (χ3v) is 3.03. The number of nitrogens with one attached hydrogen (secondary N) is 1. The molecule has 0 saturated carbocycles. The molecule has 1 aliphatic carbocycles. The van der Waals surface area contributed by atoms with Crippen molar-refractivity contribution in [3.05, 3.63) is 23.3 Å². The van der Waals surface area contributed by atoms with Gasteiger partial charge in [-0.05, 0) is 30.9 Å². The number of hydrogen-bond acceptors (Lipinski definition) is 4. The standard InChI is InChI=1S/C12H17NO3/c1-15-12-10-5-4-9(13-16-2)7-8(10)3-6-11(12)14/h3,6,9,13-14H,4-5,7H2,1-2H3. The Morgan fingerprint density at radius 3 is 2.88 bits per heavy atom. The molecule has 0 aromatic heterocycles. The molecular formula is C12H17NO3. The fourth-order valence-corrected chi connectivity index (χ4v) is 2.30. The first-order valence-corrected chi connectivity index (χ1v) is 5.42. The second-order valence-electron chi connectivity index (χ2n) is 4.02. The van der Waals surface area contributed by atoms with Gasteiger partial charge in [0.2, 0.25) is 0 Å². The Hall–Kier alpha value is -1.26. The average molecular weight is 223 g/mol. The van der Waals surface area contributed by atoms with Crippen LogP contribution in [0.2, 0.25) is 0 Å². The average Bonchev–Trinajstić information content (AvgIpc) is 2.30. The summed E-state index contributed by atoms with van der Waals surface area (Å²) in [6, 6.07) is 3.98. The molecule has 4 heteroatoms. The molecular weight excluding hydrogens is 206 g/mol. The molecule has 2 rings (SSSR count). The second kappa shape index (κ2) is 4.72. The predicted molar refractivity (Wildman–Crippen MR) is 60.6 cm³/mol. The summed E-state index contributed by atoms with van der Waals surface area (Å²) in [6.07, 6.45) is 2.79. The summed E-state index contributed by atoms with van der Waals surface area (Å²) < 4.78 is 5.24. The molecule has 1 unspecified atom stereocenters. The van der Waals surface area contributed by atoms with E-state index in [1.165, 1.54) is 5.56 Å². The molecule has 4 nitrogen and oxygen atoms in total. The highest BCUT2D eigenvalue weighted by atomic mass is 16.6. The lowest BCUT2D eigenvalue weighted by atomic mass is 9.88. The van der Waals surface area contributed by atoms with Gasteiger partial charge >= 0.3 is 0 Å². The van der Waals surface area contributed by atoms with Gasteiger partial charge in [-0.25, -0.2) is 0 Å². The van der Waals surface area contributed by atoms with Gasteiger partial charge in [-0.2, -0.15) is 5.48 Å². The first-order chi connectivity index (χ1) is 7.76. The van der Waals surface area contributed by atoms with Gasteiger partial charge in [0.15, 0.2) is 11.5 Å². The molecule has 2 N–H and O–H groups in total. The van der Waals surface area contributed by atoms with Gasteiger partial charge < -0.3 is 14.7 Å². The molecule has 1 aromatic rings. The topological polar surface area (TPSA) is 50.7 Å². The Labute approximate surface area is 95.1 Å². The lowest BCUT2D eigenvalue weighted by molar-refractivity contribution is 0.0564. The van der Waals surface area contributed by atoms with Crippen LogP contribution in [0.25, 0.3) is 0 Å². The number of hydrogen-bond donors (Lipinski definition) is 2. The van der Waals surface area contributed by atoms with Gasteiger partial charge in [-0.3, -0.25) is 0 Å². The number of aromatic hydroxyl groups is 1. The van der Waals surface area contributed by atoms with Crippen molar-refractivity contribution in [1.82, 2.24) is 5.48 Å². The van der Waals surface area contributed by atoms with E-state index in [2.05, 4.69) is 5.48 Å². The Morgan fingerprint density at radius 2 is 2.19 bits per heavy atom. The summed E-state index contributed by atoms with van der Waals surface area (Å²) in [5.74, 6) is 0.841. The largest absolute Gasteiger partial charge is 0.504 e. The van der Waals surface area contributed by atoms with E-state index >= 15 is 0 Å². The smallest absolute Gasteiger partial charge is 0.163 e. The lowest BCUT2D eigenvalue weighted by Gasteiger charge is -2.26. The van der Waals surface area contributed by atoms with E-state index in [-0.39, 0.29) is 5.75 Å². The highest BCUT2D eigenvalue weighted by Gasteiger charge is 2.22. The van der Waals surface area contributed by atoms with Crippen LogP contribution in [0.1, 0.15) is 17.5 Å². The highest BCUT2D eigenvalue weighted by Crippen LogP contribution is 2.36. The minimum absolute atomic E-state index is 0.222. The van der Waals surface area contributed by atoms with Crippen LogP contribution in [0, 0.1) is 0 Å². The molecule has 0 fully saturated rings. The SMILES string of the molecule is CONC1CCc2c(ccc(O)c2OC)C1. The van der Waals surface area contributed by atoms with E-state index in [1.807, 2.05) is 6.07 Å². The summed E-state index contributed by atoms with van der Waals surface area (Å²) in [7, 11) is 3.22. The van der Waals surface area contributed by atoms with Crippen LogP contribution in [-0.4, -0.2) is 25.4 Å². The zero-order chi connectivity index (χ0) is 11.5. The molecule has 0 heterocycles. The van der Waals surface area contributed by atoms with Crippen molar-refractivity contribution in [2.45, 2.75) is 25.3 Å². The van der Waals surface area contributed by atoms with Gasteiger partial charge in [0.05, 0.1) is 14.2 Å². The van der Waals surface area contributed by atoms with Crippen LogP contribution in [0.4, 0.5) is 0 Å². The van der Waals surface area contributed by atoms with E-state index in [0.29, 0.717) is 11.8 Å². The first-order valence-electron chi connectivity index (χ1n) is 5.42. The van der Waals surface area contributed by atoms with Crippen molar-refractivity contribution in [3.63, 3.8) is 0 Å². The fraction of sp³-hybridized carbons (Fsp3) is 0.500. The molecule has 0 aliphatic heterocycles. The number of fused-ring (bicyclic) bond motifs is 1. The normalized spacial score (nSPS) is 19.2. The van der Waals surface area contributed by atoms with Crippen LogP contribution in [0.3, 0.4) is 0 Å². The molecule has 0 bridgehead atoms. The van der Waals surface area contributed by atoms with Crippen molar-refractivity contribution in [2.24, 2.45) is 0 Å². The monoisotopic (exact) mass is 223 g/mol. The van der Waals surface area contributed by atoms with E-state index in [4.69, 9.17) is 9.57 Å². The minimum Gasteiger partial charge on any atom is -0.504 e. The summed E-state index contributed by atoms with van der Waals surface area (Å²) in [5.41, 5.74) is 5.31. The number of phenolic OH excluding ortho intramolecular Hbond substituents is 1. The van der Waals surface area contributed by atoms with Crippen molar-refractivity contribution in [1.29, 1.82) is 0 Å². The maximum absolute atomic E-state index is 9.67. The van der Waals surface area contributed by atoms with Crippen molar-refractivity contribution >= 4 is 0 Å². The summed E-state index contributed by atoms with van der Waals surface area (Å²) in [5, 5.41) is 9.67. The van der Waals surface area contributed by atoms with Crippen LogP contribution in [0.15, 0.2) is 12.1 Å². The Bertz CT molecular complexity index is 379. The summed E-state index contributed by atoms with van der Waals surface area (Å²) in [4.78, 5) is 4.95. The quantitative estimate of drug-likeness (QED) is 0.761. The number of benzene rings is 1. The fourth-order valence-electron chi connectivity index (χ4n) is 2.30. The van der Waals surface area contributed by atoms with Gasteiger partial charge in [0.25, 0.3) is 0 Å². The lowest BCUT2D eigenvalue weighted by Crippen LogP contribution is -2.33. The third kappa shape index (κ3) is 1.99. The number of rotatable bonds is 3. The van der Waals surface area contributed by atoms with Gasteiger partial charge in [-0.15, -0.1) is 0 Å². The summed E-state index contributed by atoms with van der Waals surface area (Å²) in [6.45, 7) is 0. The first kappa shape index (κ1) is 11.2. The van der Waals surface area contributed by atoms with Crippen LogP contribution < -0.4 is 10.2 Å². The molecule has 0 saturated heterocycles. The number of methoxy groups -OCH3 is 1. The van der Waals surface area contributed by atoms with E-state index in [0.717, 1.165) is 24.8 Å². The number of hydroxylamine groups is 1. The molecule has 88 valence electrons. The van der Waals surface area contributed by atoms with Crippen LogP contribution in [0.5, 0.6) is 11.5 Å². The van der Waals surface area contributed by atoms with Gasteiger partial charge in [-0.1, -0.05) is 6.07 Å². The van der Waals surface area contributed by atoms with Crippen LogP contribution in [-0.2, 0) is 17.7 Å². The Kier molecular flexibility index (Phi) is 3.31. The van der Waals surface area contributed by atoms with E-state index in [1.54, 1.807) is 20.3 Å². The molecule has 0 amide bonds. The van der Waals surface area contributed by atoms with Gasteiger partial charge in [0, 0.05) is 11.6 Å². The van der Waals surface area contributed by atoms with Crippen LogP contribution >= 0.6 is 0 Å². The van der Waals surface area contributed by atoms with Crippen molar-refractivity contribution in [3.8, 4) is 11.5 Å². The maximum Gasteiger partial charge on any atom is 0.163 e. The predicted octanol–water partition coefficient (Wildman–Crippen LogP) is 1.41. The molecule has 1 aromatic carbocycles. The summed E-state index contributed by atoms with van der Waals surface area (Å²) >= 11 is 0. The zero-order valence-corrected chi connectivity index (χ0v) is 9.62. The van der Waals surface area contributed by atoms with Gasteiger partial charge in [0.1, 0.15) is 0 Å². The number of ether oxygens (including phenoxy) is 1. The van der Waals surface area contributed by atoms with E-state index in [9.17, 15) is 5.11 Å². The maximum atomic E-state index is 9.67. The highest BCUT2D eigenvalue weighted by molar-refractivity contribution is 5.51. The zero-order valence-electron chi connectivity index (χ0n) is 9.62. The molecule has 16 heavy (non-hydrogen) atoms. The number of phenols is 1. The third-order valence-electron chi connectivity index (χ3n) is 3.03. The Morgan fingerprint density at radius 1 is 1.38 bits per heavy atom. The molecule has 1 aliphatic rings. The Balaban J connectivity index is 2.27. The minimum atomic E-state index is 0.222. The van der Waals surface area contributed by atoms with E-state index < -0.39 is 0 Å². The molecule has 0 radical (unpaired) electrons. The van der Waals surface area contributed by atoms with Crippen molar-refractivity contribution < 1.29 is 14.7 Å².